The first kappa shape index (κ1) is 13.1. The Hall–Kier alpha value is -1.85. The van der Waals surface area contributed by atoms with Gasteiger partial charge in [-0.2, -0.15) is 15.1 Å². The molecule has 20 heavy (non-hydrogen) atoms. The van der Waals surface area contributed by atoms with Crippen LogP contribution < -0.4 is 10.2 Å². The van der Waals surface area contributed by atoms with E-state index in [1.807, 2.05) is 6.20 Å². The number of H-pyrrole nitrogens is 1. The van der Waals surface area contributed by atoms with E-state index in [9.17, 15) is 0 Å². The van der Waals surface area contributed by atoms with E-state index >= 15 is 0 Å². The molecule has 1 fully saturated rings. The molecule has 2 aromatic heterocycles. The lowest BCUT2D eigenvalue weighted by molar-refractivity contribution is 0.625. The molecular formula is C14H22N6. The van der Waals surface area contributed by atoms with Crippen molar-refractivity contribution in [2.45, 2.75) is 39.7 Å². The van der Waals surface area contributed by atoms with Gasteiger partial charge < -0.3 is 10.2 Å². The van der Waals surface area contributed by atoms with E-state index in [-0.39, 0.29) is 0 Å². The summed E-state index contributed by atoms with van der Waals surface area (Å²) in [6.07, 6.45) is 4.09. The molecule has 0 amide bonds. The zero-order valence-electron chi connectivity index (χ0n) is 12.3. The van der Waals surface area contributed by atoms with Crippen LogP contribution in [0.2, 0.25) is 0 Å². The Labute approximate surface area is 119 Å². The van der Waals surface area contributed by atoms with Gasteiger partial charge in [-0.15, -0.1) is 0 Å². The lowest BCUT2D eigenvalue weighted by Crippen LogP contribution is -2.28. The van der Waals surface area contributed by atoms with Crippen molar-refractivity contribution < 1.29 is 0 Å². The fourth-order valence-electron chi connectivity index (χ4n) is 2.95. The lowest BCUT2D eigenvalue weighted by Gasteiger charge is -2.23. The van der Waals surface area contributed by atoms with Gasteiger partial charge in [-0.1, -0.05) is 13.8 Å². The van der Waals surface area contributed by atoms with Gasteiger partial charge in [0.05, 0.1) is 11.6 Å². The van der Waals surface area contributed by atoms with Crippen LogP contribution in [0.3, 0.4) is 0 Å². The van der Waals surface area contributed by atoms with E-state index < -0.39 is 0 Å². The van der Waals surface area contributed by atoms with Gasteiger partial charge in [0.15, 0.2) is 5.65 Å². The summed E-state index contributed by atoms with van der Waals surface area (Å²) in [6, 6.07) is 0.511. The smallest absolute Gasteiger partial charge is 0.226 e. The zero-order chi connectivity index (χ0) is 14.1. The van der Waals surface area contributed by atoms with E-state index in [0.717, 1.165) is 36.4 Å². The highest BCUT2D eigenvalue weighted by atomic mass is 15.3. The van der Waals surface area contributed by atoms with Crippen LogP contribution in [0, 0.1) is 5.92 Å². The Bertz CT molecular complexity index is 592. The van der Waals surface area contributed by atoms with E-state index in [1.54, 1.807) is 0 Å². The van der Waals surface area contributed by atoms with Gasteiger partial charge in [-0.3, -0.25) is 5.10 Å². The summed E-state index contributed by atoms with van der Waals surface area (Å²) >= 11 is 0. The number of hydrogen-bond donors (Lipinski definition) is 2. The van der Waals surface area contributed by atoms with Gasteiger partial charge in [0.2, 0.25) is 5.95 Å². The Morgan fingerprint density at radius 3 is 2.95 bits per heavy atom. The monoisotopic (exact) mass is 274 g/mol. The predicted molar refractivity (Wildman–Crippen MR) is 81.1 cm³/mol. The van der Waals surface area contributed by atoms with Crippen molar-refractivity contribution in [3.63, 3.8) is 0 Å². The molecule has 1 aliphatic heterocycles. The number of aromatic amines is 1. The standard InChI is InChI=1S/C14H22N6/c1-4-5-15-14-17-12-11(7-16-19-12)13(18-14)20-8-9(2)6-10(20)3/h7,9-10H,4-6,8H2,1-3H3,(H2,15,16,17,18,19). The molecule has 0 radical (unpaired) electrons. The van der Waals surface area contributed by atoms with E-state index in [2.05, 4.69) is 46.2 Å². The van der Waals surface area contributed by atoms with Gasteiger partial charge >= 0.3 is 0 Å². The van der Waals surface area contributed by atoms with Crippen molar-refractivity contribution in [2.24, 2.45) is 5.92 Å². The van der Waals surface area contributed by atoms with Crippen molar-refractivity contribution in [1.29, 1.82) is 0 Å². The number of hydrogen-bond acceptors (Lipinski definition) is 5. The Balaban J connectivity index is 2.01. The average Bonchev–Trinajstić information content (AvgIpc) is 3.01. The lowest BCUT2D eigenvalue weighted by atomic mass is 10.1. The minimum absolute atomic E-state index is 0.511. The van der Waals surface area contributed by atoms with Crippen LogP contribution in [-0.4, -0.2) is 39.3 Å². The highest BCUT2D eigenvalue weighted by Gasteiger charge is 2.29. The molecule has 3 heterocycles. The third-order valence-corrected chi connectivity index (χ3v) is 3.88. The number of anilines is 2. The molecule has 1 saturated heterocycles. The third-order valence-electron chi connectivity index (χ3n) is 3.88. The maximum atomic E-state index is 4.72. The third kappa shape index (κ3) is 2.30. The number of rotatable bonds is 4. The number of fused-ring (bicyclic) bond motifs is 1. The molecule has 3 rings (SSSR count). The second kappa shape index (κ2) is 5.26. The summed E-state index contributed by atoms with van der Waals surface area (Å²) in [7, 11) is 0. The molecule has 6 heteroatoms. The van der Waals surface area contributed by atoms with Gasteiger partial charge in [-0.05, 0) is 25.7 Å². The van der Waals surface area contributed by atoms with E-state index in [1.165, 1.54) is 6.42 Å². The van der Waals surface area contributed by atoms with Crippen LogP contribution in [0.1, 0.15) is 33.6 Å². The Morgan fingerprint density at radius 1 is 1.40 bits per heavy atom. The molecule has 0 spiro atoms. The number of nitrogens with one attached hydrogen (secondary N) is 2. The summed E-state index contributed by atoms with van der Waals surface area (Å²) in [6.45, 7) is 8.61. The second-order valence-electron chi connectivity index (χ2n) is 5.77. The summed E-state index contributed by atoms with van der Waals surface area (Å²) in [5.41, 5.74) is 0.806. The molecule has 2 atom stereocenters. The minimum atomic E-state index is 0.511. The SMILES string of the molecule is CCCNc1nc(N2CC(C)CC2C)c2cn[nH]c2n1. The van der Waals surface area contributed by atoms with Gasteiger partial charge in [0, 0.05) is 19.1 Å². The normalized spacial score (nSPS) is 22.6. The number of aromatic nitrogens is 4. The van der Waals surface area contributed by atoms with Crippen LogP contribution in [0.15, 0.2) is 6.20 Å². The minimum Gasteiger partial charge on any atom is -0.354 e. The Morgan fingerprint density at radius 2 is 2.25 bits per heavy atom. The second-order valence-corrected chi connectivity index (χ2v) is 5.77. The van der Waals surface area contributed by atoms with Crippen LogP contribution in [0.25, 0.3) is 11.0 Å². The van der Waals surface area contributed by atoms with Crippen molar-refractivity contribution >= 4 is 22.8 Å². The fraction of sp³-hybridized carbons (Fsp3) is 0.643. The molecule has 6 nitrogen and oxygen atoms in total. The van der Waals surface area contributed by atoms with Crippen LogP contribution >= 0.6 is 0 Å². The molecule has 0 bridgehead atoms. The van der Waals surface area contributed by atoms with Gasteiger partial charge in [0.25, 0.3) is 0 Å². The Kier molecular flexibility index (Phi) is 3.46. The van der Waals surface area contributed by atoms with E-state index in [4.69, 9.17) is 4.98 Å². The maximum Gasteiger partial charge on any atom is 0.226 e. The molecule has 0 aromatic carbocycles. The summed E-state index contributed by atoms with van der Waals surface area (Å²) in [4.78, 5) is 11.6. The van der Waals surface area contributed by atoms with Gasteiger partial charge in [-0.25, -0.2) is 0 Å². The summed E-state index contributed by atoms with van der Waals surface area (Å²) < 4.78 is 0. The van der Waals surface area contributed by atoms with Crippen molar-refractivity contribution in [3.8, 4) is 0 Å². The molecule has 0 aliphatic carbocycles. The van der Waals surface area contributed by atoms with Crippen molar-refractivity contribution in [2.75, 3.05) is 23.3 Å². The quantitative estimate of drug-likeness (QED) is 0.896. The summed E-state index contributed by atoms with van der Waals surface area (Å²) in [5.74, 6) is 2.39. The van der Waals surface area contributed by atoms with Crippen LogP contribution in [0.4, 0.5) is 11.8 Å². The van der Waals surface area contributed by atoms with E-state index in [0.29, 0.717) is 17.9 Å². The largest absolute Gasteiger partial charge is 0.354 e. The van der Waals surface area contributed by atoms with Crippen LogP contribution in [-0.2, 0) is 0 Å². The molecule has 0 saturated carbocycles. The first-order valence-corrected chi connectivity index (χ1v) is 7.40. The van der Waals surface area contributed by atoms with Gasteiger partial charge in [0.1, 0.15) is 5.82 Å². The van der Waals surface area contributed by atoms with Crippen molar-refractivity contribution in [3.05, 3.63) is 6.20 Å². The van der Waals surface area contributed by atoms with Crippen LogP contribution in [0.5, 0.6) is 0 Å². The highest BCUT2D eigenvalue weighted by molar-refractivity contribution is 5.87. The maximum absolute atomic E-state index is 4.72. The molecule has 108 valence electrons. The predicted octanol–water partition coefficient (Wildman–Crippen LogP) is 2.41. The molecule has 2 N–H and O–H groups in total. The number of nitrogens with zero attached hydrogens (tertiary/aromatic N) is 4. The first-order valence-electron chi connectivity index (χ1n) is 7.40. The first-order chi connectivity index (χ1) is 9.69. The zero-order valence-corrected chi connectivity index (χ0v) is 12.3. The molecule has 2 unspecified atom stereocenters. The topological polar surface area (TPSA) is 69.7 Å². The average molecular weight is 274 g/mol. The van der Waals surface area contributed by atoms with Crippen molar-refractivity contribution in [1.82, 2.24) is 20.2 Å². The molecular weight excluding hydrogens is 252 g/mol. The highest BCUT2D eigenvalue weighted by Crippen LogP contribution is 2.32. The molecule has 1 aliphatic rings. The fourth-order valence-corrected chi connectivity index (χ4v) is 2.95. The summed E-state index contributed by atoms with van der Waals surface area (Å²) in [5, 5.41) is 11.4. The molecule has 2 aromatic rings.